The molecule has 1 aliphatic heterocycles. The topological polar surface area (TPSA) is 66.6 Å². The summed E-state index contributed by atoms with van der Waals surface area (Å²) in [4.78, 5) is 0. The van der Waals surface area contributed by atoms with Crippen LogP contribution in [0.15, 0.2) is 52.1 Å². The average Bonchev–Trinajstić information content (AvgIpc) is 3.30. The van der Waals surface area contributed by atoms with Crippen LogP contribution in [0.5, 0.6) is 17.2 Å². The number of hydrogen-bond donors (Lipinski definition) is 0. The predicted octanol–water partition coefficient (Wildman–Crippen LogP) is 4.09. The first kappa shape index (κ1) is 17.7. The minimum atomic E-state index is -0.274. The summed E-state index contributed by atoms with van der Waals surface area (Å²) in [5.74, 6) is 3.18. The first-order valence-electron chi connectivity index (χ1n) is 8.48. The fraction of sp³-hybridized carbons (Fsp3) is 0.263. The molecule has 6 nitrogen and oxygen atoms in total. The number of rotatable bonds is 8. The van der Waals surface area contributed by atoms with Crippen LogP contribution in [-0.2, 0) is 6.42 Å². The molecule has 0 aliphatic carbocycles. The molecule has 27 heavy (non-hydrogen) atoms. The van der Waals surface area contributed by atoms with Gasteiger partial charge in [0.1, 0.15) is 11.6 Å². The summed E-state index contributed by atoms with van der Waals surface area (Å²) in [5, 5.41) is 8.52. The zero-order valence-corrected chi connectivity index (χ0v) is 15.2. The minimum absolute atomic E-state index is 0.251. The molecule has 3 aromatic rings. The van der Waals surface area contributed by atoms with Crippen LogP contribution in [0.1, 0.15) is 17.9 Å². The molecule has 1 aromatic heterocycles. The Balaban J connectivity index is 1.19. The number of thioether (sulfide) groups is 1. The van der Waals surface area contributed by atoms with Crippen molar-refractivity contribution in [3.63, 3.8) is 0 Å². The van der Waals surface area contributed by atoms with E-state index in [2.05, 4.69) is 10.2 Å². The molecular weight excluding hydrogens is 371 g/mol. The second-order valence-corrected chi connectivity index (χ2v) is 6.88. The van der Waals surface area contributed by atoms with Gasteiger partial charge in [-0.3, -0.25) is 0 Å². The van der Waals surface area contributed by atoms with Gasteiger partial charge in [-0.15, -0.1) is 10.2 Å². The highest BCUT2D eigenvalue weighted by Gasteiger charge is 2.13. The maximum Gasteiger partial charge on any atom is 0.276 e. The van der Waals surface area contributed by atoms with Gasteiger partial charge in [-0.25, -0.2) is 4.39 Å². The van der Waals surface area contributed by atoms with E-state index < -0.39 is 0 Å². The monoisotopic (exact) mass is 388 g/mol. The lowest BCUT2D eigenvalue weighted by Crippen LogP contribution is -1.98. The van der Waals surface area contributed by atoms with Crippen LogP contribution in [0.3, 0.4) is 0 Å². The Hall–Kier alpha value is -2.74. The summed E-state index contributed by atoms with van der Waals surface area (Å²) in [7, 11) is 0. The summed E-state index contributed by atoms with van der Waals surface area (Å²) < 4.78 is 35.1. The standard InChI is InChI=1S/C19H17FN2O4S/c20-14-4-1-3-13(9-14)10-18-21-22-19(26-18)27-8-2-7-23-15-5-6-16-17(11-15)25-12-24-16/h1,3-6,9,11H,2,7-8,10,12H2. The summed E-state index contributed by atoms with van der Waals surface area (Å²) in [6.07, 6.45) is 1.24. The second kappa shape index (κ2) is 8.30. The third kappa shape index (κ3) is 4.71. The van der Waals surface area contributed by atoms with Crippen molar-refractivity contribution >= 4 is 11.8 Å². The molecule has 0 bridgehead atoms. The van der Waals surface area contributed by atoms with Crippen LogP contribution < -0.4 is 14.2 Å². The van der Waals surface area contributed by atoms with Gasteiger partial charge in [-0.1, -0.05) is 23.9 Å². The summed E-state index contributed by atoms with van der Waals surface area (Å²) in [6.45, 7) is 0.817. The molecule has 0 spiro atoms. The van der Waals surface area contributed by atoms with Crippen LogP contribution in [0.2, 0.25) is 0 Å². The summed E-state index contributed by atoms with van der Waals surface area (Å²) in [6, 6.07) is 11.9. The first-order chi connectivity index (χ1) is 13.3. The second-order valence-electron chi connectivity index (χ2n) is 5.83. The van der Waals surface area contributed by atoms with E-state index in [4.69, 9.17) is 18.6 Å². The van der Waals surface area contributed by atoms with Crippen LogP contribution in [0.4, 0.5) is 4.39 Å². The Bertz CT molecular complexity index is 918. The molecule has 0 unspecified atom stereocenters. The van der Waals surface area contributed by atoms with Crippen molar-refractivity contribution in [3.8, 4) is 17.2 Å². The molecule has 0 atom stereocenters. The van der Waals surface area contributed by atoms with Gasteiger partial charge in [0.05, 0.1) is 13.0 Å². The fourth-order valence-corrected chi connectivity index (χ4v) is 3.26. The van der Waals surface area contributed by atoms with Crippen LogP contribution in [-0.4, -0.2) is 29.4 Å². The van der Waals surface area contributed by atoms with E-state index in [9.17, 15) is 4.39 Å². The SMILES string of the molecule is Fc1cccc(Cc2nnc(SCCCOc3ccc4c(c3)OCO4)o2)c1. The van der Waals surface area contributed by atoms with Gasteiger partial charge in [0.15, 0.2) is 11.5 Å². The third-order valence-electron chi connectivity index (χ3n) is 3.82. The number of benzene rings is 2. The van der Waals surface area contributed by atoms with Gasteiger partial charge in [-0.05, 0) is 36.2 Å². The molecule has 1 aliphatic rings. The molecule has 4 rings (SSSR count). The van der Waals surface area contributed by atoms with E-state index in [1.54, 1.807) is 6.07 Å². The zero-order chi connectivity index (χ0) is 18.5. The molecule has 8 heteroatoms. The highest BCUT2D eigenvalue weighted by atomic mass is 32.2. The normalized spacial score (nSPS) is 12.3. The predicted molar refractivity (Wildman–Crippen MR) is 96.9 cm³/mol. The van der Waals surface area contributed by atoms with Crippen LogP contribution >= 0.6 is 11.8 Å². The van der Waals surface area contributed by atoms with Crippen molar-refractivity contribution in [2.24, 2.45) is 0 Å². The van der Waals surface area contributed by atoms with Crippen molar-refractivity contribution in [2.75, 3.05) is 19.2 Å². The van der Waals surface area contributed by atoms with E-state index in [1.165, 1.54) is 23.9 Å². The Morgan fingerprint density at radius 1 is 1.07 bits per heavy atom. The molecule has 0 radical (unpaired) electrons. The molecule has 0 saturated carbocycles. The van der Waals surface area contributed by atoms with E-state index in [-0.39, 0.29) is 12.6 Å². The molecule has 0 saturated heterocycles. The van der Waals surface area contributed by atoms with Crippen molar-refractivity contribution in [2.45, 2.75) is 18.1 Å². The smallest absolute Gasteiger partial charge is 0.276 e. The number of nitrogens with zero attached hydrogens (tertiary/aromatic N) is 2. The van der Waals surface area contributed by atoms with Crippen molar-refractivity contribution in [1.82, 2.24) is 10.2 Å². The van der Waals surface area contributed by atoms with Crippen molar-refractivity contribution in [3.05, 3.63) is 59.7 Å². The van der Waals surface area contributed by atoms with Crippen LogP contribution in [0, 0.1) is 5.82 Å². The number of fused-ring (bicyclic) bond motifs is 1. The summed E-state index contributed by atoms with van der Waals surface area (Å²) in [5.41, 5.74) is 0.798. The van der Waals surface area contributed by atoms with E-state index in [1.807, 2.05) is 24.3 Å². The van der Waals surface area contributed by atoms with Gasteiger partial charge in [-0.2, -0.15) is 0 Å². The maximum atomic E-state index is 13.2. The Morgan fingerprint density at radius 3 is 2.93 bits per heavy atom. The number of ether oxygens (including phenoxy) is 3. The van der Waals surface area contributed by atoms with Crippen molar-refractivity contribution in [1.29, 1.82) is 0 Å². The van der Waals surface area contributed by atoms with E-state index in [0.717, 1.165) is 29.2 Å². The number of aromatic nitrogens is 2. The lowest BCUT2D eigenvalue weighted by Gasteiger charge is -2.06. The zero-order valence-electron chi connectivity index (χ0n) is 14.4. The van der Waals surface area contributed by atoms with Crippen molar-refractivity contribution < 1.29 is 23.0 Å². The lowest BCUT2D eigenvalue weighted by atomic mass is 10.1. The largest absolute Gasteiger partial charge is 0.493 e. The Morgan fingerprint density at radius 2 is 2.00 bits per heavy atom. The van der Waals surface area contributed by atoms with Gasteiger partial charge in [0.25, 0.3) is 5.22 Å². The maximum absolute atomic E-state index is 13.2. The molecule has 2 heterocycles. The third-order valence-corrected chi connectivity index (χ3v) is 4.72. The molecule has 2 aromatic carbocycles. The first-order valence-corrected chi connectivity index (χ1v) is 9.47. The molecule has 0 fully saturated rings. The fourth-order valence-electron chi connectivity index (χ4n) is 2.56. The number of halogens is 1. The molecule has 140 valence electrons. The lowest BCUT2D eigenvalue weighted by molar-refractivity contribution is 0.173. The molecule has 0 amide bonds. The quantitative estimate of drug-likeness (QED) is 0.425. The Labute approximate surface area is 159 Å². The highest BCUT2D eigenvalue weighted by Crippen LogP contribution is 2.35. The minimum Gasteiger partial charge on any atom is -0.493 e. The molecule has 0 N–H and O–H groups in total. The van der Waals surface area contributed by atoms with E-state index in [0.29, 0.717) is 29.9 Å². The van der Waals surface area contributed by atoms with Gasteiger partial charge in [0.2, 0.25) is 12.7 Å². The van der Waals surface area contributed by atoms with Gasteiger partial charge in [0, 0.05) is 11.8 Å². The highest BCUT2D eigenvalue weighted by molar-refractivity contribution is 7.99. The molecular formula is C19H17FN2O4S. The Kier molecular flexibility index (Phi) is 5.43. The summed E-state index contributed by atoms with van der Waals surface area (Å²) >= 11 is 1.47. The van der Waals surface area contributed by atoms with Gasteiger partial charge >= 0.3 is 0 Å². The van der Waals surface area contributed by atoms with Crippen LogP contribution in [0.25, 0.3) is 0 Å². The van der Waals surface area contributed by atoms with E-state index >= 15 is 0 Å². The average molecular weight is 388 g/mol. The number of hydrogen-bond acceptors (Lipinski definition) is 7. The van der Waals surface area contributed by atoms with Gasteiger partial charge < -0.3 is 18.6 Å².